The number of H-pyrrole nitrogens is 1. The van der Waals surface area contributed by atoms with E-state index in [1.54, 1.807) is 4.57 Å². The van der Waals surface area contributed by atoms with Crippen molar-refractivity contribution < 1.29 is 9.90 Å². The fourth-order valence-corrected chi connectivity index (χ4v) is 3.19. The van der Waals surface area contributed by atoms with Gasteiger partial charge in [-0.15, -0.1) is 0 Å². The van der Waals surface area contributed by atoms with Gasteiger partial charge in [0.15, 0.2) is 10.6 Å². The van der Waals surface area contributed by atoms with E-state index in [2.05, 4.69) is 57.1 Å². The minimum Gasteiger partial charge on any atom is -0.507 e. The molecule has 154 valence electrons. The van der Waals surface area contributed by atoms with Crippen molar-refractivity contribution in [3.8, 4) is 5.75 Å². The highest BCUT2D eigenvalue weighted by Crippen LogP contribution is 2.39. The van der Waals surface area contributed by atoms with Crippen LogP contribution in [-0.2, 0) is 35.6 Å². The molecule has 6 nitrogen and oxygen atoms in total. The number of carbonyl (C=O) groups is 1. The van der Waals surface area contributed by atoms with Gasteiger partial charge in [0.1, 0.15) is 5.75 Å². The fourth-order valence-electron chi connectivity index (χ4n) is 3.04. The molecule has 1 heterocycles. The van der Waals surface area contributed by atoms with E-state index < -0.39 is 0 Å². The molecular formula is C21H32N4O2S. The standard InChI is InChI=1S/C21H32N4O2S/c1-20(2,3)14-10-13(11-15(18(14)27)21(4,5)6)8-9-17(26)22-12-16-23-24-19(28)25(16)7/h10-11,27H,8-9,12H2,1-7H3,(H,22,26)(H,24,28). The summed E-state index contributed by atoms with van der Waals surface area (Å²) in [5.41, 5.74) is 2.52. The molecule has 1 aromatic carbocycles. The Hall–Kier alpha value is -2.15. The van der Waals surface area contributed by atoms with E-state index in [4.69, 9.17) is 12.2 Å². The molecule has 0 unspecified atom stereocenters. The molecule has 0 fully saturated rings. The number of phenolic OH excluding ortho intramolecular Hbond substituents is 1. The van der Waals surface area contributed by atoms with E-state index in [-0.39, 0.29) is 16.7 Å². The van der Waals surface area contributed by atoms with Crippen LogP contribution in [0.5, 0.6) is 5.75 Å². The predicted molar refractivity (Wildman–Crippen MR) is 114 cm³/mol. The maximum absolute atomic E-state index is 12.3. The Kier molecular flexibility index (Phi) is 6.38. The maximum atomic E-state index is 12.3. The molecule has 0 aliphatic carbocycles. The predicted octanol–water partition coefficient (Wildman–Crippen LogP) is 4.03. The van der Waals surface area contributed by atoms with E-state index in [0.29, 0.717) is 35.7 Å². The highest BCUT2D eigenvalue weighted by Gasteiger charge is 2.26. The molecular weight excluding hydrogens is 372 g/mol. The van der Waals surface area contributed by atoms with Crippen LogP contribution in [0.15, 0.2) is 12.1 Å². The van der Waals surface area contributed by atoms with Gasteiger partial charge >= 0.3 is 0 Å². The van der Waals surface area contributed by atoms with Crippen LogP contribution in [0, 0.1) is 4.77 Å². The first-order valence-corrected chi connectivity index (χ1v) is 9.95. The first-order valence-electron chi connectivity index (χ1n) is 9.54. The van der Waals surface area contributed by atoms with Crippen LogP contribution in [0.2, 0.25) is 0 Å². The Labute approximate surface area is 172 Å². The van der Waals surface area contributed by atoms with Gasteiger partial charge in [-0.1, -0.05) is 53.7 Å². The second kappa shape index (κ2) is 8.07. The summed E-state index contributed by atoms with van der Waals surface area (Å²) in [4.78, 5) is 12.3. The number of carbonyl (C=O) groups excluding carboxylic acids is 1. The van der Waals surface area contributed by atoms with Crippen molar-refractivity contribution in [2.24, 2.45) is 7.05 Å². The van der Waals surface area contributed by atoms with Gasteiger partial charge in [-0.2, -0.15) is 5.10 Å². The van der Waals surface area contributed by atoms with Crippen molar-refractivity contribution >= 4 is 18.1 Å². The second-order valence-electron chi connectivity index (χ2n) is 9.32. The fraction of sp³-hybridized carbons (Fsp3) is 0.571. The molecule has 0 atom stereocenters. The number of aryl methyl sites for hydroxylation is 1. The van der Waals surface area contributed by atoms with Crippen LogP contribution >= 0.6 is 12.2 Å². The number of benzene rings is 1. The molecule has 2 rings (SSSR count). The molecule has 0 radical (unpaired) electrons. The lowest BCUT2D eigenvalue weighted by molar-refractivity contribution is -0.121. The normalized spacial score (nSPS) is 12.2. The SMILES string of the molecule is Cn1c(CNC(=O)CCc2cc(C(C)(C)C)c(O)c(C(C)(C)C)c2)n[nH]c1=S. The van der Waals surface area contributed by atoms with Gasteiger partial charge < -0.3 is 15.0 Å². The van der Waals surface area contributed by atoms with Crippen molar-refractivity contribution in [1.82, 2.24) is 20.1 Å². The zero-order valence-corrected chi connectivity index (χ0v) is 18.8. The topological polar surface area (TPSA) is 82.9 Å². The molecule has 3 N–H and O–H groups in total. The summed E-state index contributed by atoms with van der Waals surface area (Å²) in [5.74, 6) is 1.00. The summed E-state index contributed by atoms with van der Waals surface area (Å²) in [6.45, 7) is 12.8. The number of hydrogen-bond acceptors (Lipinski definition) is 4. The average Bonchev–Trinajstić information content (AvgIpc) is 2.88. The number of rotatable bonds is 5. The van der Waals surface area contributed by atoms with Gasteiger partial charge in [0.25, 0.3) is 0 Å². The maximum Gasteiger partial charge on any atom is 0.220 e. The van der Waals surface area contributed by atoms with Crippen molar-refractivity contribution in [3.05, 3.63) is 39.4 Å². The van der Waals surface area contributed by atoms with E-state index >= 15 is 0 Å². The van der Waals surface area contributed by atoms with Crippen molar-refractivity contribution in [2.45, 2.75) is 71.8 Å². The molecule has 0 aliphatic heterocycles. The first kappa shape index (κ1) is 22.1. The molecule has 0 spiro atoms. The van der Waals surface area contributed by atoms with Crippen LogP contribution in [0.4, 0.5) is 0 Å². The van der Waals surface area contributed by atoms with Crippen molar-refractivity contribution in [2.75, 3.05) is 0 Å². The largest absolute Gasteiger partial charge is 0.507 e. The van der Waals surface area contributed by atoms with Gasteiger partial charge in [-0.25, -0.2) is 0 Å². The van der Waals surface area contributed by atoms with Crippen molar-refractivity contribution in [1.29, 1.82) is 0 Å². The summed E-state index contributed by atoms with van der Waals surface area (Å²) in [7, 11) is 1.81. The monoisotopic (exact) mass is 404 g/mol. The third kappa shape index (κ3) is 5.22. The molecule has 28 heavy (non-hydrogen) atoms. The van der Waals surface area contributed by atoms with Crippen LogP contribution in [0.1, 0.15) is 70.5 Å². The van der Waals surface area contributed by atoms with Crippen LogP contribution < -0.4 is 5.32 Å². The minimum absolute atomic E-state index is 0.0448. The Balaban J connectivity index is 2.13. The number of aromatic nitrogens is 3. The number of amides is 1. The molecule has 0 bridgehead atoms. The van der Waals surface area contributed by atoms with Gasteiger partial charge in [-0.05, 0) is 46.2 Å². The summed E-state index contributed by atoms with van der Waals surface area (Å²) in [6.07, 6.45) is 0.976. The van der Waals surface area contributed by atoms with Gasteiger partial charge in [0.2, 0.25) is 5.91 Å². The van der Waals surface area contributed by atoms with E-state index in [1.165, 1.54) is 0 Å². The zero-order valence-electron chi connectivity index (χ0n) is 17.9. The van der Waals surface area contributed by atoms with E-state index in [9.17, 15) is 9.90 Å². The third-order valence-corrected chi connectivity index (χ3v) is 5.21. The van der Waals surface area contributed by atoms with Gasteiger partial charge in [0.05, 0.1) is 6.54 Å². The zero-order chi connectivity index (χ0) is 21.3. The molecule has 2 aromatic rings. The number of aromatic hydroxyl groups is 1. The Morgan fingerprint density at radius 2 is 1.71 bits per heavy atom. The third-order valence-electron chi connectivity index (χ3n) is 4.84. The molecule has 0 aliphatic rings. The lowest BCUT2D eigenvalue weighted by Crippen LogP contribution is -2.25. The highest BCUT2D eigenvalue weighted by atomic mass is 32.1. The van der Waals surface area contributed by atoms with Gasteiger partial charge in [-0.3, -0.25) is 9.89 Å². The Bertz CT molecular complexity index is 879. The minimum atomic E-state index is -0.182. The quantitative estimate of drug-likeness (QED) is 0.657. The Morgan fingerprint density at radius 1 is 1.18 bits per heavy atom. The summed E-state index contributed by atoms with van der Waals surface area (Å²) in [5, 5.41) is 20.5. The lowest BCUT2D eigenvalue weighted by Gasteiger charge is -2.28. The number of phenols is 1. The number of hydrogen-bond donors (Lipinski definition) is 3. The van der Waals surface area contributed by atoms with Crippen molar-refractivity contribution in [3.63, 3.8) is 0 Å². The van der Waals surface area contributed by atoms with Gasteiger partial charge in [0, 0.05) is 13.5 Å². The van der Waals surface area contributed by atoms with Crippen LogP contribution in [-0.4, -0.2) is 25.8 Å². The van der Waals surface area contributed by atoms with Crippen LogP contribution in [0.25, 0.3) is 0 Å². The Morgan fingerprint density at radius 3 is 2.14 bits per heavy atom. The van der Waals surface area contributed by atoms with Crippen LogP contribution in [0.3, 0.4) is 0 Å². The first-order chi connectivity index (χ1) is 12.8. The number of nitrogens with zero attached hydrogens (tertiary/aromatic N) is 2. The summed E-state index contributed by atoms with van der Waals surface area (Å²) in [6, 6.07) is 4.05. The average molecular weight is 405 g/mol. The summed E-state index contributed by atoms with van der Waals surface area (Å²) >= 11 is 5.08. The molecule has 0 saturated heterocycles. The number of aromatic amines is 1. The highest BCUT2D eigenvalue weighted by molar-refractivity contribution is 7.71. The molecule has 7 heteroatoms. The molecule has 1 amide bonds. The van der Waals surface area contributed by atoms with E-state index in [0.717, 1.165) is 16.7 Å². The molecule has 0 saturated carbocycles. The smallest absolute Gasteiger partial charge is 0.220 e. The van der Waals surface area contributed by atoms with E-state index in [1.807, 2.05) is 19.2 Å². The lowest BCUT2D eigenvalue weighted by atomic mass is 9.78. The second-order valence-corrected chi connectivity index (χ2v) is 9.71. The summed E-state index contributed by atoms with van der Waals surface area (Å²) < 4.78 is 2.26. The number of nitrogens with one attached hydrogen (secondary N) is 2. The molecule has 1 aromatic heterocycles.